The highest BCUT2D eigenvalue weighted by Gasteiger charge is 2.46. The molecule has 3 N–H and O–H groups in total. The lowest BCUT2D eigenvalue weighted by molar-refractivity contribution is 0.0742. The number of aromatic hydroxyl groups is 1. The highest BCUT2D eigenvalue weighted by Crippen LogP contribution is 2.51. The number of hydrogen-bond donors (Lipinski definition) is 2. The summed E-state index contributed by atoms with van der Waals surface area (Å²) in [6.45, 7) is 3.99. The van der Waals surface area contributed by atoms with E-state index in [0.717, 1.165) is 0 Å². The Bertz CT molecular complexity index is 1020. The van der Waals surface area contributed by atoms with Gasteiger partial charge >= 0.3 is 0 Å². The molecule has 138 valence electrons. The van der Waals surface area contributed by atoms with Gasteiger partial charge in [0.1, 0.15) is 29.5 Å². The third-order valence-electron chi connectivity index (χ3n) is 4.73. The molecule has 1 spiro atoms. The molecule has 0 saturated carbocycles. The van der Waals surface area contributed by atoms with Crippen molar-refractivity contribution in [1.82, 2.24) is 4.98 Å². The third kappa shape index (κ3) is 2.75. The Morgan fingerprint density at radius 3 is 2.81 bits per heavy atom. The van der Waals surface area contributed by atoms with Crippen molar-refractivity contribution >= 4 is 12.2 Å². The van der Waals surface area contributed by atoms with E-state index in [4.69, 9.17) is 19.9 Å². The SMILES string of the molecule is COC(C)(C)C#Cc1cc2c(nc1N)Oc1ccc(O)cc1C21COC=N1. The van der Waals surface area contributed by atoms with Gasteiger partial charge in [0.25, 0.3) is 0 Å². The van der Waals surface area contributed by atoms with E-state index < -0.39 is 11.1 Å². The first-order chi connectivity index (χ1) is 12.8. The van der Waals surface area contributed by atoms with Crippen molar-refractivity contribution in [1.29, 1.82) is 0 Å². The molecule has 0 radical (unpaired) electrons. The minimum Gasteiger partial charge on any atom is -0.508 e. The number of aromatic nitrogens is 1. The number of nitrogen functional groups attached to an aromatic ring is 1. The summed E-state index contributed by atoms with van der Waals surface area (Å²) < 4.78 is 16.7. The summed E-state index contributed by atoms with van der Waals surface area (Å²) in [5, 5.41) is 9.96. The number of nitrogens with zero attached hydrogens (tertiary/aromatic N) is 2. The van der Waals surface area contributed by atoms with Gasteiger partial charge in [0, 0.05) is 12.7 Å². The summed E-state index contributed by atoms with van der Waals surface area (Å²) in [7, 11) is 1.60. The van der Waals surface area contributed by atoms with Gasteiger partial charge in [0.05, 0.1) is 11.1 Å². The number of hydrogen-bond acceptors (Lipinski definition) is 7. The van der Waals surface area contributed by atoms with Crippen LogP contribution in [-0.4, -0.2) is 35.8 Å². The number of phenolic OH excluding ortho intramolecular Hbond substituents is 1. The highest BCUT2D eigenvalue weighted by molar-refractivity contribution is 5.66. The van der Waals surface area contributed by atoms with Crippen molar-refractivity contribution in [3.8, 4) is 29.2 Å². The van der Waals surface area contributed by atoms with Gasteiger partial charge in [-0.2, -0.15) is 4.98 Å². The summed E-state index contributed by atoms with van der Waals surface area (Å²) in [5.41, 5.74) is 6.55. The molecule has 1 atom stereocenters. The Balaban J connectivity index is 1.90. The molecular formula is C20H19N3O4. The second-order valence-corrected chi connectivity index (χ2v) is 6.93. The molecule has 2 aliphatic heterocycles. The lowest BCUT2D eigenvalue weighted by atomic mass is 9.82. The molecule has 1 aromatic heterocycles. The Morgan fingerprint density at radius 1 is 1.30 bits per heavy atom. The number of methoxy groups -OCH3 is 1. The van der Waals surface area contributed by atoms with E-state index in [-0.39, 0.29) is 18.2 Å². The van der Waals surface area contributed by atoms with Crippen LogP contribution in [0, 0.1) is 11.8 Å². The minimum atomic E-state index is -0.866. The zero-order valence-corrected chi connectivity index (χ0v) is 15.2. The molecule has 0 aliphatic carbocycles. The molecule has 1 unspecified atom stereocenters. The van der Waals surface area contributed by atoms with Crippen LogP contribution in [0.25, 0.3) is 0 Å². The molecule has 27 heavy (non-hydrogen) atoms. The minimum absolute atomic E-state index is 0.118. The zero-order chi connectivity index (χ0) is 19.2. The lowest BCUT2D eigenvalue weighted by Gasteiger charge is -2.33. The Hall–Kier alpha value is -3.24. The van der Waals surface area contributed by atoms with Crippen molar-refractivity contribution in [2.45, 2.75) is 25.0 Å². The summed E-state index contributed by atoms with van der Waals surface area (Å²) >= 11 is 0. The van der Waals surface area contributed by atoms with Crippen molar-refractivity contribution in [3.63, 3.8) is 0 Å². The fraction of sp³-hybridized carbons (Fsp3) is 0.300. The van der Waals surface area contributed by atoms with E-state index in [9.17, 15) is 5.11 Å². The number of pyridine rings is 1. The second kappa shape index (κ2) is 5.89. The maximum Gasteiger partial charge on any atom is 0.227 e. The van der Waals surface area contributed by atoms with Gasteiger partial charge < -0.3 is 25.1 Å². The summed E-state index contributed by atoms with van der Waals surface area (Å²) in [6, 6.07) is 6.67. The highest BCUT2D eigenvalue weighted by atomic mass is 16.5. The van der Waals surface area contributed by atoms with Gasteiger partial charge in [-0.1, -0.05) is 11.8 Å². The molecule has 0 bridgehead atoms. The third-order valence-corrected chi connectivity index (χ3v) is 4.73. The van der Waals surface area contributed by atoms with Crippen LogP contribution in [0.2, 0.25) is 0 Å². The fourth-order valence-electron chi connectivity index (χ4n) is 3.05. The zero-order valence-electron chi connectivity index (χ0n) is 15.2. The number of phenols is 1. The van der Waals surface area contributed by atoms with Crippen LogP contribution in [0.4, 0.5) is 5.82 Å². The monoisotopic (exact) mass is 365 g/mol. The topological polar surface area (TPSA) is 99.2 Å². The van der Waals surface area contributed by atoms with Crippen LogP contribution in [0.5, 0.6) is 17.4 Å². The maximum atomic E-state index is 9.96. The van der Waals surface area contributed by atoms with Crippen LogP contribution < -0.4 is 10.5 Å². The van der Waals surface area contributed by atoms with Crippen molar-refractivity contribution in [3.05, 3.63) is 41.0 Å². The van der Waals surface area contributed by atoms with Gasteiger partial charge in [-0.15, -0.1) is 0 Å². The van der Waals surface area contributed by atoms with Crippen LogP contribution >= 0.6 is 0 Å². The summed E-state index contributed by atoms with van der Waals surface area (Å²) in [4.78, 5) is 8.95. The Morgan fingerprint density at radius 2 is 2.11 bits per heavy atom. The molecule has 0 fully saturated rings. The second-order valence-electron chi connectivity index (χ2n) is 6.93. The molecule has 0 amide bonds. The van der Waals surface area contributed by atoms with E-state index in [1.165, 1.54) is 6.40 Å². The van der Waals surface area contributed by atoms with E-state index in [0.29, 0.717) is 28.3 Å². The maximum absolute atomic E-state index is 9.96. The molecule has 7 heteroatoms. The molecule has 0 saturated heterocycles. The summed E-state index contributed by atoms with van der Waals surface area (Å²) in [5.74, 6) is 7.35. The van der Waals surface area contributed by atoms with E-state index in [1.54, 1.807) is 25.3 Å². The number of benzene rings is 1. The van der Waals surface area contributed by atoms with Gasteiger partial charge in [-0.25, -0.2) is 4.99 Å². The molecule has 1 aromatic carbocycles. The van der Waals surface area contributed by atoms with E-state index in [1.807, 2.05) is 19.9 Å². The predicted octanol–water partition coefficient (Wildman–Crippen LogP) is 2.55. The average molecular weight is 365 g/mol. The van der Waals surface area contributed by atoms with E-state index in [2.05, 4.69) is 21.8 Å². The standard InChI is InChI=1S/C20H19N3O4/c1-19(2,25-3)7-6-12-8-15-18(23-17(12)21)27-16-5-4-13(24)9-14(16)20(15)10-26-11-22-20/h4-5,8-9,11,24H,10H2,1-3H3,(H2,21,23). The first kappa shape index (κ1) is 17.2. The van der Waals surface area contributed by atoms with Crippen LogP contribution in [0.15, 0.2) is 29.3 Å². The normalized spacial score (nSPS) is 19.5. The quantitative estimate of drug-likeness (QED) is 0.754. The van der Waals surface area contributed by atoms with Crippen molar-refractivity contribution in [2.24, 2.45) is 4.99 Å². The van der Waals surface area contributed by atoms with Crippen molar-refractivity contribution in [2.75, 3.05) is 19.5 Å². The first-order valence-corrected chi connectivity index (χ1v) is 8.41. The van der Waals surface area contributed by atoms with Gasteiger partial charge in [0.15, 0.2) is 11.9 Å². The molecular weight excluding hydrogens is 346 g/mol. The van der Waals surface area contributed by atoms with Gasteiger partial charge in [-0.05, 0) is 38.1 Å². The molecule has 4 rings (SSSR count). The molecule has 3 heterocycles. The van der Waals surface area contributed by atoms with Crippen LogP contribution in [0.1, 0.15) is 30.5 Å². The Labute approximate surface area is 156 Å². The Kier molecular flexibility index (Phi) is 3.75. The van der Waals surface area contributed by atoms with Crippen LogP contribution in [0.3, 0.4) is 0 Å². The number of rotatable bonds is 1. The largest absolute Gasteiger partial charge is 0.508 e. The lowest BCUT2D eigenvalue weighted by Crippen LogP contribution is -2.31. The first-order valence-electron chi connectivity index (χ1n) is 8.41. The molecule has 2 aliphatic rings. The number of anilines is 1. The fourth-order valence-corrected chi connectivity index (χ4v) is 3.05. The number of fused-ring (bicyclic) bond motifs is 4. The van der Waals surface area contributed by atoms with E-state index >= 15 is 0 Å². The van der Waals surface area contributed by atoms with Crippen LogP contribution in [-0.2, 0) is 15.0 Å². The smallest absolute Gasteiger partial charge is 0.227 e. The van der Waals surface area contributed by atoms with Gasteiger partial charge in [0.2, 0.25) is 5.88 Å². The average Bonchev–Trinajstić information content (AvgIpc) is 3.12. The predicted molar refractivity (Wildman–Crippen MR) is 100 cm³/mol. The van der Waals surface area contributed by atoms with Crippen molar-refractivity contribution < 1.29 is 19.3 Å². The summed E-state index contributed by atoms with van der Waals surface area (Å²) in [6.07, 6.45) is 1.40. The van der Waals surface area contributed by atoms with Gasteiger partial charge in [-0.3, -0.25) is 0 Å². The number of aliphatic imine (C=N–C) groups is 1. The number of ether oxygens (including phenoxy) is 3. The molecule has 2 aromatic rings. The number of nitrogens with two attached hydrogens (primary N) is 1. The molecule has 7 nitrogen and oxygen atoms in total.